The Morgan fingerprint density at radius 3 is 2.87 bits per heavy atom. The Bertz CT molecular complexity index is 344. The predicted molar refractivity (Wildman–Crippen MR) is 58.8 cm³/mol. The maximum Gasteiger partial charge on any atom is 0.354 e. The lowest BCUT2D eigenvalue weighted by atomic mass is 10.1. The number of hydrogen-bond acceptors (Lipinski definition) is 3. The van der Waals surface area contributed by atoms with E-state index in [1.165, 1.54) is 7.11 Å². The molecule has 4 heteroatoms. The zero-order valence-corrected chi connectivity index (χ0v) is 9.46. The molecule has 0 saturated heterocycles. The fraction of sp³-hybridized carbons (Fsp3) is 0.545. The van der Waals surface area contributed by atoms with E-state index in [0.29, 0.717) is 18.2 Å². The number of esters is 1. The van der Waals surface area contributed by atoms with Crippen LogP contribution >= 0.6 is 0 Å². The van der Waals surface area contributed by atoms with Gasteiger partial charge in [0.25, 0.3) is 0 Å². The van der Waals surface area contributed by atoms with Crippen molar-refractivity contribution >= 4 is 5.97 Å². The molecule has 4 nitrogen and oxygen atoms in total. The summed E-state index contributed by atoms with van der Waals surface area (Å²) in [5.74, 6) is 0.0905. The molecular formula is C11H18N2O2. The minimum Gasteiger partial charge on any atom is -0.464 e. The number of rotatable bonds is 4. The van der Waals surface area contributed by atoms with Crippen molar-refractivity contribution in [3.8, 4) is 0 Å². The fourth-order valence-corrected chi connectivity index (χ4v) is 1.51. The molecule has 3 N–H and O–H groups in total. The molecule has 84 valence electrons. The van der Waals surface area contributed by atoms with Crippen LogP contribution in [-0.4, -0.2) is 24.6 Å². The molecule has 1 aromatic rings. The van der Waals surface area contributed by atoms with Crippen molar-refractivity contribution in [3.63, 3.8) is 0 Å². The third-order valence-corrected chi connectivity index (χ3v) is 2.43. The lowest BCUT2D eigenvalue weighted by Crippen LogP contribution is -2.13. The number of aryl methyl sites for hydroxylation is 1. The summed E-state index contributed by atoms with van der Waals surface area (Å²) in [5.41, 5.74) is 8.03. The van der Waals surface area contributed by atoms with E-state index in [-0.39, 0.29) is 5.97 Å². The number of hydrogen-bond donors (Lipinski definition) is 2. The Kier molecular flexibility index (Phi) is 3.91. The van der Waals surface area contributed by atoms with Gasteiger partial charge in [-0.1, -0.05) is 6.92 Å². The molecule has 0 aliphatic carbocycles. The Labute approximate surface area is 89.8 Å². The summed E-state index contributed by atoms with van der Waals surface area (Å²) in [6.45, 7) is 4.61. The van der Waals surface area contributed by atoms with Crippen molar-refractivity contribution in [2.24, 2.45) is 11.7 Å². The summed E-state index contributed by atoms with van der Waals surface area (Å²) in [6, 6.07) is 1.97. The van der Waals surface area contributed by atoms with E-state index in [1.54, 1.807) is 0 Å². The Morgan fingerprint density at radius 2 is 2.33 bits per heavy atom. The average molecular weight is 210 g/mol. The molecule has 0 aromatic carbocycles. The first kappa shape index (κ1) is 11.8. The zero-order valence-electron chi connectivity index (χ0n) is 9.46. The van der Waals surface area contributed by atoms with E-state index >= 15 is 0 Å². The summed E-state index contributed by atoms with van der Waals surface area (Å²) in [6.07, 6.45) is 0.855. The molecule has 1 rings (SSSR count). The van der Waals surface area contributed by atoms with E-state index in [9.17, 15) is 4.79 Å². The van der Waals surface area contributed by atoms with E-state index in [4.69, 9.17) is 5.73 Å². The molecule has 1 aromatic heterocycles. The highest BCUT2D eigenvalue weighted by Gasteiger charge is 2.13. The van der Waals surface area contributed by atoms with Crippen molar-refractivity contribution < 1.29 is 9.53 Å². The highest BCUT2D eigenvalue weighted by Crippen LogP contribution is 2.13. The third-order valence-electron chi connectivity index (χ3n) is 2.43. The van der Waals surface area contributed by atoms with Crippen LogP contribution in [0.2, 0.25) is 0 Å². The lowest BCUT2D eigenvalue weighted by molar-refractivity contribution is 0.0594. The van der Waals surface area contributed by atoms with Crippen molar-refractivity contribution in [2.75, 3.05) is 13.7 Å². The van der Waals surface area contributed by atoms with Crippen LogP contribution in [0.4, 0.5) is 0 Å². The van der Waals surface area contributed by atoms with Crippen LogP contribution in [0, 0.1) is 12.8 Å². The molecule has 1 atom stereocenters. The number of carbonyl (C=O) groups excluding carboxylic acids is 1. The first-order chi connectivity index (χ1) is 7.08. The van der Waals surface area contributed by atoms with Crippen LogP contribution in [0.1, 0.15) is 28.7 Å². The smallest absolute Gasteiger partial charge is 0.354 e. The van der Waals surface area contributed by atoms with E-state index in [1.807, 2.05) is 13.0 Å². The van der Waals surface area contributed by atoms with E-state index in [0.717, 1.165) is 17.7 Å². The Balaban J connectivity index is 2.81. The van der Waals surface area contributed by atoms with Crippen LogP contribution in [0.25, 0.3) is 0 Å². The SMILES string of the molecule is COC(=O)c1[nH]c(CC(C)CN)cc1C. The molecule has 0 spiro atoms. The normalized spacial score (nSPS) is 12.5. The topological polar surface area (TPSA) is 68.1 Å². The number of ether oxygens (including phenoxy) is 1. The van der Waals surface area contributed by atoms with Crippen LogP contribution in [0.5, 0.6) is 0 Å². The van der Waals surface area contributed by atoms with E-state index < -0.39 is 0 Å². The molecule has 0 amide bonds. The number of aromatic nitrogens is 1. The van der Waals surface area contributed by atoms with Gasteiger partial charge < -0.3 is 15.5 Å². The maximum absolute atomic E-state index is 11.3. The Morgan fingerprint density at radius 1 is 1.67 bits per heavy atom. The highest BCUT2D eigenvalue weighted by molar-refractivity contribution is 5.89. The first-order valence-electron chi connectivity index (χ1n) is 5.05. The number of aromatic amines is 1. The minimum atomic E-state index is -0.320. The molecule has 1 heterocycles. The van der Waals surface area contributed by atoms with Gasteiger partial charge in [-0.05, 0) is 37.4 Å². The first-order valence-corrected chi connectivity index (χ1v) is 5.05. The second-order valence-corrected chi connectivity index (χ2v) is 3.89. The Hall–Kier alpha value is -1.29. The van der Waals surface area contributed by atoms with E-state index in [2.05, 4.69) is 16.6 Å². The van der Waals surface area contributed by atoms with Gasteiger partial charge >= 0.3 is 5.97 Å². The summed E-state index contributed by atoms with van der Waals surface area (Å²) >= 11 is 0. The van der Waals surface area contributed by atoms with Gasteiger partial charge in [-0.15, -0.1) is 0 Å². The number of nitrogens with two attached hydrogens (primary N) is 1. The maximum atomic E-state index is 11.3. The van der Waals surface area contributed by atoms with Gasteiger partial charge in [-0.3, -0.25) is 0 Å². The number of methoxy groups -OCH3 is 1. The largest absolute Gasteiger partial charge is 0.464 e. The standard InChI is InChI=1S/C11H18N2O2/c1-7(6-12)4-9-5-8(2)10(13-9)11(14)15-3/h5,7,13H,4,6,12H2,1-3H3. The van der Waals surface area contributed by atoms with Gasteiger partial charge in [0.05, 0.1) is 7.11 Å². The zero-order chi connectivity index (χ0) is 11.4. The molecule has 15 heavy (non-hydrogen) atoms. The minimum absolute atomic E-state index is 0.320. The summed E-state index contributed by atoms with van der Waals surface area (Å²) in [5, 5.41) is 0. The van der Waals surface area contributed by atoms with Crippen molar-refractivity contribution in [3.05, 3.63) is 23.0 Å². The monoisotopic (exact) mass is 210 g/mol. The fourth-order valence-electron chi connectivity index (χ4n) is 1.51. The number of carbonyl (C=O) groups is 1. The summed E-state index contributed by atoms with van der Waals surface area (Å²) in [7, 11) is 1.38. The van der Waals surface area contributed by atoms with Crippen molar-refractivity contribution in [2.45, 2.75) is 20.3 Å². The van der Waals surface area contributed by atoms with Gasteiger partial charge in [0, 0.05) is 5.69 Å². The number of nitrogens with one attached hydrogen (secondary N) is 1. The van der Waals surface area contributed by atoms with Crippen LogP contribution in [0.3, 0.4) is 0 Å². The van der Waals surface area contributed by atoms with Gasteiger partial charge in [-0.25, -0.2) is 4.79 Å². The third kappa shape index (κ3) is 2.83. The molecule has 0 radical (unpaired) electrons. The summed E-state index contributed by atoms with van der Waals surface area (Å²) < 4.78 is 4.67. The quantitative estimate of drug-likeness (QED) is 0.735. The molecule has 0 aliphatic heterocycles. The van der Waals surface area contributed by atoms with Gasteiger partial charge in [0.1, 0.15) is 5.69 Å². The second kappa shape index (κ2) is 4.98. The molecule has 0 aliphatic rings. The van der Waals surface area contributed by atoms with Crippen molar-refractivity contribution in [1.82, 2.24) is 4.98 Å². The molecule has 0 saturated carbocycles. The van der Waals surface area contributed by atoms with Gasteiger partial charge in [-0.2, -0.15) is 0 Å². The van der Waals surface area contributed by atoms with Crippen molar-refractivity contribution in [1.29, 1.82) is 0 Å². The predicted octanol–water partition coefficient (Wildman–Crippen LogP) is 1.25. The van der Waals surface area contributed by atoms with Gasteiger partial charge in [0.15, 0.2) is 0 Å². The molecule has 1 unspecified atom stereocenters. The highest BCUT2D eigenvalue weighted by atomic mass is 16.5. The summed E-state index contributed by atoms with van der Waals surface area (Å²) in [4.78, 5) is 14.4. The van der Waals surface area contributed by atoms with Crippen LogP contribution in [-0.2, 0) is 11.2 Å². The lowest BCUT2D eigenvalue weighted by Gasteiger charge is -2.05. The molecule has 0 bridgehead atoms. The molecular weight excluding hydrogens is 192 g/mol. The van der Waals surface area contributed by atoms with Crippen LogP contribution in [0.15, 0.2) is 6.07 Å². The average Bonchev–Trinajstić information content (AvgIpc) is 2.58. The molecule has 0 fully saturated rings. The number of H-pyrrole nitrogens is 1. The van der Waals surface area contributed by atoms with Gasteiger partial charge in [0.2, 0.25) is 0 Å². The second-order valence-electron chi connectivity index (χ2n) is 3.89. The van der Waals surface area contributed by atoms with Crippen LogP contribution < -0.4 is 5.73 Å².